The van der Waals surface area contributed by atoms with Crippen LogP contribution in [0.3, 0.4) is 0 Å². The number of unbranched alkanes of at least 4 members (excludes halogenated alkanes) is 4. The predicted molar refractivity (Wildman–Crippen MR) is 68.8 cm³/mol. The lowest BCUT2D eigenvalue weighted by Crippen LogP contribution is -2.41. The highest BCUT2D eigenvalue weighted by Gasteiger charge is 2.16. The number of ether oxygens (including phenoxy) is 2. The number of methoxy groups -OCH3 is 2. The van der Waals surface area contributed by atoms with Crippen LogP contribution in [-0.2, 0) is 14.3 Å². The molecule has 0 heterocycles. The van der Waals surface area contributed by atoms with E-state index >= 15 is 0 Å². The van der Waals surface area contributed by atoms with E-state index in [9.17, 15) is 4.79 Å². The molecular formula is C13H27NO3. The van der Waals surface area contributed by atoms with Crippen LogP contribution in [0.1, 0.15) is 52.4 Å². The third kappa shape index (κ3) is 8.16. The van der Waals surface area contributed by atoms with E-state index in [1.165, 1.54) is 32.8 Å². The number of carbonyl (C=O) groups is 1. The van der Waals surface area contributed by atoms with Crippen molar-refractivity contribution in [2.24, 2.45) is 0 Å². The fourth-order valence-corrected chi connectivity index (χ4v) is 1.57. The van der Waals surface area contributed by atoms with Crippen molar-refractivity contribution in [2.45, 2.75) is 64.7 Å². The first-order valence-corrected chi connectivity index (χ1v) is 6.51. The molecule has 4 heteroatoms. The molecule has 17 heavy (non-hydrogen) atoms. The van der Waals surface area contributed by atoms with Crippen molar-refractivity contribution >= 4 is 5.91 Å². The molecular weight excluding hydrogens is 218 g/mol. The van der Waals surface area contributed by atoms with Crippen LogP contribution in [0.2, 0.25) is 0 Å². The lowest BCUT2D eigenvalue weighted by molar-refractivity contribution is -0.134. The lowest BCUT2D eigenvalue weighted by atomic mass is 10.1. The minimum absolute atomic E-state index is 0.118. The Labute approximate surface area is 105 Å². The van der Waals surface area contributed by atoms with Crippen LogP contribution in [0.5, 0.6) is 0 Å². The molecule has 0 fully saturated rings. The third-order valence-electron chi connectivity index (χ3n) is 2.88. The highest BCUT2D eigenvalue weighted by Crippen LogP contribution is 2.08. The molecule has 0 aromatic rings. The van der Waals surface area contributed by atoms with E-state index in [-0.39, 0.29) is 12.1 Å². The molecule has 0 spiro atoms. The van der Waals surface area contributed by atoms with Gasteiger partial charge in [-0.1, -0.05) is 32.6 Å². The summed E-state index contributed by atoms with van der Waals surface area (Å²) >= 11 is 0. The molecule has 2 unspecified atom stereocenters. The lowest BCUT2D eigenvalue weighted by Gasteiger charge is -2.19. The third-order valence-corrected chi connectivity index (χ3v) is 2.88. The second-order valence-electron chi connectivity index (χ2n) is 4.31. The molecule has 4 nitrogen and oxygen atoms in total. The van der Waals surface area contributed by atoms with Crippen molar-refractivity contribution in [1.82, 2.24) is 5.32 Å². The van der Waals surface area contributed by atoms with Crippen LogP contribution in [0.15, 0.2) is 0 Å². The smallest absolute Gasteiger partial charge is 0.250 e. The van der Waals surface area contributed by atoms with E-state index in [2.05, 4.69) is 12.2 Å². The van der Waals surface area contributed by atoms with Gasteiger partial charge in [0.15, 0.2) is 0 Å². The average Bonchev–Trinajstić information content (AvgIpc) is 2.35. The standard InChI is InChI=1S/C13H27NO3/c1-5-6-7-8-9-10-12(17-4)14-13(15)11(2)16-3/h11-12H,5-10H2,1-4H3,(H,14,15). The van der Waals surface area contributed by atoms with E-state index in [1.54, 1.807) is 14.0 Å². The maximum Gasteiger partial charge on any atom is 0.250 e. The summed E-state index contributed by atoms with van der Waals surface area (Å²) in [5, 5.41) is 2.82. The van der Waals surface area contributed by atoms with E-state index in [4.69, 9.17) is 9.47 Å². The molecule has 0 saturated heterocycles. The van der Waals surface area contributed by atoms with Crippen molar-refractivity contribution in [3.05, 3.63) is 0 Å². The Bertz CT molecular complexity index is 197. The van der Waals surface area contributed by atoms with Gasteiger partial charge in [0.05, 0.1) is 0 Å². The van der Waals surface area contributed by atoms with Gasteiger partial charge in [-0.2, -0.15) is 0 Å². The highest BCUT2D eigenvalue weighted by atomic mass is 16.5. The fraction of sp³-hybridized carbons (Fsp3) is 0.923. The zero-order valence-electron chi connectivity index (χ0n) is 11.6. The van der Waals surface area contributed by atoms with E-state index in [1.807, 2.05) is 0 Å². The SMILES string of the molecule is CCCCCCCC(NC(=O)C(C)OC)OC. The summed E-state index contributed by atoms with van der Waals surface area (Å²) in [6.45, 7) is 3.92. The monoisotopic (exact) mass is 245 g/mol. The number of hydrogen-bond donors (Lipinski definition) is 1. The van der Waals surface area contributed by atoms with E-state index in [0.29, 0.717) is 0 Å². The van der Waals surface area contributed by atoms with Gasteiger partial charge in [0.2, 0.25) is 0 Å². The zero-order chi connectivity index (χ0) is 13.1. The second-order valence-corrected chi connectivity index (χ2v) is 4.31. The molecule has 1 N–H and O–H groups in total. The summed E-state index contributed by atoms with van der Waals surface area (Å²) in [4.78, 5) is 11.6. The van der Waals surface area contributed by atoms with Crippen molar-refractivity contribution < 1.29 is 14.3 Å². The average molecular weight is 245 g/mol. The Morgan fingerprint density at radius 1 is 1.12 bits per heavy atom. The van der Waals surface area contributed by atoms with Crippen molar-refractivity contribution in [3.63, 3.8) is 0 Å². The molecule has 0 aliphatic carbocycles. The minimum Gasteiger partial charge on any atom is -0.372 e. The van der Waals surface area contributed by atoms with Gasteiger partial charge < -0.3 is 14.8 Å². The van der Waals surface area contributed by atoms with Gasteiger partial charge in [-0.05, 0) is 19.8 Å². The van der Waals surface area contributed by atoms with Crippen LogP contribution in [0.25, 0.3) is 0 Å². The van der Waals surface area contributed by atoms with Crippen LogP contribution < -0.4 is 5.32 Å². The first-order valence-electron chi connectivity index (χ1n) is 6.51. The molecule has 0 aromatic heterocycles. The summed E-state index contributed by atoms with van der Waals surface area (Å²) in [5.74, 6) is -0.118. The second kappa shape index (κ2) is 10.5. The van der Waals surface area contributed by atoms with Gasteiger partial charge in [-0.3, -0.25) is 4.79 Å². The van der Waals surface area contributed by atoms with Gasteiger partial charge in [0, 0.05) is 14.2 Å². The van der Waals surface area contributed by atoms with Crippen molar-refractivity contribution in [1.29, 1.82) is 0 Å². The summed E-state index contributed by atoms with van der Waals surface area (Å²) < 4.78 is 10.2. The highest BCUT2D eigenvalue weighted by molar-refractivity contribution is 5.80. The summed E-state index contributed by atoms with van der Waals surface area (Å²) in [6.07, 6.45) is 6.32. The molecule has 0 aliphatic rings. The topological polar surface area (TPSA) is 47.6 Å². The molecule has 0 saturated carbocycles. The summed E-state index contributed by atoms with van der Waals surface area (Å²) in [7, 11) is 3.14. The van der Waals surface area contributed by atoms with Crippen LogP contribution >= 0.6 is 0 Å². The normalized spacial score (nSPS) is 14.4. The number of rotatable bonds is 10. The number of carbonyl (C=O) groups excluding carboxylic acids is 1. The number of amides is 1. The number of hydrogen-bond acceptors (Lipinski definition) is 3. The van der Waals surface area contributed by atoms with E-state index < -0.39 is 6.10 Å². The van der Waals surface area contributed by atoms with Gasteiger partial charge in [-0.25, -0.2) is 0 Å². The quantitative estimate of drug-likeness (QED) is 0.475. The van der Waals surface area contributed by atoms with Crippen LogP contribution in [0, 0.1) is 0 Å². The van der Waals surface area contributed by atoms with Crippen LogP contribution in [0.4, 0.5) is 0 Å². The Kier molecular flexibility index (Phi) is 10.2. The van der Waals surface area contributed by atoms with Gasteiger partial charge >= 0.3 is 0 Å². The van der Waals surface area contributed by atoms with Crippen molar-refractivity contribution in [2.75, 3.05) is 14.2 Å². The Morgan fingerprint density at radius 2 is 1.76 bits per heavy atom. The summed E-state index contributed by atoms with van der Waals surface area (Å²) in [6, 6.07) is 0. The Balaban J connectivity index is 3.72. The van der Waals surface area contributed by atoms with Gasteiger partial charge in [0.25, 0.3) is 5.91 Å². The maximum atomic E-state index is 11.6. The molecule has 0 aromatic carbocycles. The maximum absolute atomic E-state index is 11.6. The predicted octanol–water partition coefficient (Wildman–Crippen LogP) is 2.47. The fourth-order valence-electron chi connectivity index (χ4n) is 1.57. The first kappa shape index (κ1) is 16.4. The minimum atomic E-state index is -0.423. The Hall–Kier alpha value is -0.610. The number of nitrogens with one attached hydrogen (secondary N) is 1. The molecule has 1 amide bonds. The molecule has 0 rings (SSSR count). The largest absolute Gasteiger partial charge is 0.372 e. The van der Waals surface area contributed by atoms with E-state index in [0.717, 1.165) is 12.8 Å². The van der Waals surface area contributed by atoms with Gasteiger partial charge in [-0.15, -0.1) is 0 Å². The van der Waals surface area contributed by atoms with Gasteiger partial charge in [0.1, 0.15) is 12.3 Å². The zero-order valence-corrected chi connectivity index (χ0v) is 11.6. The summed E-state index contributed by atoms with van der Waals surface area (Å²) in [5.41, 5.74) is 0. The molecule has 2 atom stereocenters. The molecule has 102 valence electrons. The Morgan fingerprint density at radius 3 is 2.29 bits per heavy atom. The van der Waals surface area contributed by atoms with Crippen molar-refractivity contribution in [3.8, 4) is 0 Å². The molecule has 0 aliphatic heterocycles. The molecule has 0 radical (unpaired) electrons. The first-order chi connectivity index (χ1) is 8.15. The van der Waals surface area contributed by atoms with Crippen LogP contribution in [-0.4, -0.2) is 32.5 Å². The molecule has 0 bridgehead atoms.